The number of benzene rings is 1. The molecule has 0 aliphatic heterocycles. The van der Waals surface area contributed by atoms with Crippen LogP contribution in [0.3, 0.4) is 0 Å². The van der Waals surface area contributed by atoms with Crippen LogP contribution >= 0.6 is 50.1 Å². The van der Waals surface area contributed by atoms with Crippen molar-refractivity contribution in [2.45, 2.75) is 12.8 Å². The van der Waals surface area contributed by atoms with Gasteiger partial charge < -0.3 is 0 Å². The summed E-state index contributed by atoms with van der Waals surface area (Å²) in [6.45, 7) is 2.09. The molecule has 0 saturated carbocycles. The van der Waals surface area contributed by atoms with Gasteiger partial charge in [0.25, 0.3) is 0 Å². The lowest BCUT2D eigenvalue weighted by molar-refractivity contribution is 1.26. The van der Waals surface area contributed by atoms with Gasteiger partial charge in [-0.1, -0.05) is 15.9 Å². The molecule has 0 aliphatic carbocycles. The molecule has 0 atom stereocenters. The Labute approximate surface area is 93.6 Å². The third kappa shape index (κ3) is 2.10. The van der Waals surface area contributed by atoms with Gasteiger partial charge in [-0.05, 0) is 52.8 Å². The van der Waals surface area contributed by atoms with Crippen molar-refractivity contribution in [2.75, 3.05) is 0 Å². The van der Waals surface area contributed by atoms with Crippen molar-refractivity contribution in [2.24, 2.45) is 0 Å². The smallest absolute Gasteiger partial charge is 0.0488 e. The maximum absolute atomic E-state index is 5.78. The van der Waals surface area contributed by atoms with Gasteiger partial charge in [0.05, 0.1) is 0 Å². The van der Waals surface area contributed by atoms with Crippen LogP contribution in [0.4, 0.5) is 0 Å². The first-order valence-corrected chi connectivity index (χ1v) is 5.57. The van der Waals surface area contributed by atoms with Crippen LogP contribution in [-0.2, 0) is 5.88 Å². The molecule has 0 aliphatic rings. The molecule has 0 saturated heterocycles. The largest absolute Gasteiger partial charge is 0.121 e. The van der Waals surface area contributed by atoms with Gasteiger partial charge in [-0.15, -0.1) is 11.6 Å². The van der Waals surface area contributed by atoms with Crippen molar-refractivity contribution < 1.29 is 0 Å². The van der Waals surface area contributed by atoms with Crippen LogP contribution in [-0.4, -0.2) is 0 Å². The Kier molecular flexibility index (Phi) is 3.65. The molecule has 0 aromatic heterocycles. The topological polar surface area (TPSA) is 0 Å². The summed E-state index contributed by atoms with van der Waals surface area (Å²) in [5, 5.41) is 0. The summed E-state index contributed by atoms with van der Waals surface area (Å²) in [4.78, 5) is 0. The van der Waals surface area contributed by atoms with Crippen LogP contribution in [0.1, 0.15) is 11.1 Å². The van der Waals surface area contributed by atoms with Crippen molar-refractivity contribution in [3.05, 3.63) is 31.3 Å². The van der Waals surface area contributed by atoms with E-state index in [-0.39, 0.29) is 0 Å². The number of alkyl halides is 1. The minimum Gasteiger partial charge on any atom is -0.121 e. The maximum atomic E-state index is 5.78. The van der Waals surface area contributed by atoms with Gasteiger partial charge in [0.15, 0.2) is 0 Å². The average molecular weight is 345 g/mol. The Morgan fingerprint density at radius 3 is 2.64 bits per heavy atom. The lowest BCUT2D eigenvalue weighted by Crippen LogP contribution is -1.89. The minimum atomic E-state index is 0.573. The van der Waals surface area contributed by atoms with E-state index in [1.807, 2.05) is 6.07 Å². The summed E-state index contributed by atoms with van der Waals surface area (Å²) in [5.41, 5.74) is 2.47. The Bertz CT molecular complexity index is 273. The van der Waals surface area contributed by atoms with Crippen molar-refractivity contribution in [1.82, 2.24) is 0 Å². The molecular formula is C8H7BrClI. The fourth-order valence-electron chi connectivity index (χ4n) is 0.859. The molecule has 60 valence electrons. The SMILES string of the molecule is Cc1c(I)ccc(Br)c1CCl. The number of halogens is 3. The van der Waals surface area contributed by atoms with Crippen molar-refractivity contribution >= 4 is 50.1 Å². The van der Waals surface area contributed by atoms with Crippen LogP contribution < -0.4 is 0 Å². The molecular weight excluding hydrogens is 338 g/mol. The van der Waals surface area contributed by atoms with E-state index in [2.05, 4.69) is 51.5 Å². The van der Waals surface area contributed by atoms with Gasteiger partial charge in [-0.25, -0.2) is 0 Å². The lowest BCUT2D eigenvalue weighted by atomic mass is 10.1. The second kappa shape index (κ2) is 4.10. The van der Waals surface area contributed by atoms with E-state index in [0.29, 0.717) is 5.88 Å². The molecule has 0 fully saturated rings. The van der Waals surface area contributed by atoms with Crippen LogP contribution in [0, 0.1) is 10.5 Å². The Balaban J connectivity index is 3.29. The molecule has 0 nitrogen and oxygen atoms in total. The number of rotatable bonds is 1. The van der Waals surface area contributed by atoms with Gasteiger partial charge >= 0.3 is 0 Å². The number of hydrogen-bond acceptors (Lipinski definition) is 0. The standard InChI is InChI=1S/C8H7BrClI/c1-5-6(4-10)7(9)2-3-8(5)11/h2-3H,4H2,1H3. The molecule has 0 bridgehead atoms. The van der Waals surface area contributed by atoms with Crippen LogP contribution in [0.5, 0.6) is 0 Å². The second-order valence-electron chi connectivity index (χ2n) is 2.27. The molecule has 0 heterocycles. The van der Waals surface area contributed by atoms with E-state index in [0.717, 1.165) is 4.47 Å². The van der Waals surface area contributed by atoms with Crippen LogP contribution in [0.2, 0.25) is 0 Å². The van der Waals surface area contributed by atoms with E-state index in [1.54, 1.807) is 0 Å². The minimum absolute atomic E-state index is 0.573. The second-order valence-corrected chi connectivity index (χ2v) is 4.55. The fraction of sp³-hybridized carbons (Fsp3) is 0.250. The molecule has 1 aromatic rings. The van der Waals surface area contributed by atoms with E-state index in [4.69, 9.17) is 11.6 Å². The zero-order chi connectivity index (χ0) is 8.43. The van der Waals surface area contributed by atoms with Crippen molar-refractivity contribution in [1.29, 1.82) is 0 Å². The van der Waals surface area contributed by atoms with E-state index < -0.39 is 0 Å². The summed E-state index contributed by atoms with van der Waals surface area (Å²) in [5.74, 6) is 0.573. The zero-order valence-electron chi connectivity index (χ0n) is 6.00. The summed E-state index contributed by atoms with van der Waals surface area (Å²) in [6.07, 6.45) is 0. The van der Waals surface area contributed by atoms with Crippen molar-refractivity contribution in [3.63, 3.8) is 0 Å². The first-order chi connectivity index (χ1) is 5.16. The first kappa shape index (κ1) is 9.81. The summed E-state index contributed by atoms with van der Waals surface area (Å²) in [6, 6.07) is 4.11. The molecule has 0 N–H and O–H groups in total. The molecule has 11 heavy (non-hydrogen) atoms. The molecule has 0 radical (unpaired) electrons. The zero-order valence-corrected chi connectivity index (χ0v) is 10.5. The predicted octanol–water partition coefficient (Wildman–Crippen LogP) is 4.10. The number of hydrogen-bond donors (Lipinski definition) is 0. The summed E-state index contributed by atoms with van der Waals surface area (Å²) in [7, 11) is 0. The molecule has 0 spiro atoms. The van der Waals surface area contributed by atoms with Gasteiger partial charge in [0.1, 0.15) is 0 Å². The monoisotopic (exact) mass is 344 g/mol. The van der Waals surface area contributed by atoms with Gasteiger partial charge in [0, 0.05) is 13.9 Å². The average Bonchev–Trinajstić information content (AvgIpc) is 1.99. The molecule has 1 aromatic carbocycles. The highest BCUT2D eigenvalue weighted by atomic mass is 127. The van der Waals surface area contributed by atoms with Crippen molar-refractivity contribution in [3.8, 4) is 0 Å². The van der Waals surface area contributed by atoms with E-state index in [1.165, 1.54) is 14.7 Å². The van der Waals surface area contributed by atoms with E-state index in [9.17, 15) is 0 Å². The maximum Gasteiger partial charge on any atom is 0.0488 e. The summed E-state index contributed by atoms with van der Waals surface area (Å²) < 4.78 is 2.37. The Morgan fingerprint density at radius 2 is 2.18 bits per heavy atom. The Morgan fingerprint density at radius 1 is 1.55 bits per heavy atom. The highest BCUT2D eigenvalue weighted by Gasteiger charge is 2.04. The molecule has 0 amide bonds. The van der Waals surface area contributed by atoms with Crippen LogP contribution in [0.25, 0.3) is 0 Å². The fourth-order valence-corrected chi connectivity index (χ4v) is 2.44. The highest BCUT2D eigenvalue weighted by Crippen LogP contribution is 2.25. The molecule has 1 rings (SSSR count). The van der Waals surface area contributed by atoms with E-state index >= 15 is 0 Å². The normalized spacial score (nSPS) is 10.2. The quantitative estimate of drug-likeness (QED) is 0.531. The van der Waals surface area contributed by atoms with Gasteiger partial charge in [-0.3, -0.25) is 0 Å². The Hall–Kier alpha value is 0.720. The van der Waals surface area contributed by atoms with Gasteiger partial charge in [0.2, 0.25) is 0 Å². The lowest BCUT2D eigenvalue weighted by Gasteiger charge is -2.06. The highest BCUT2D eigenvalue weighted by molar-refractivity contribution is 14.1. The first-order valence-electron chi connectivity index (χ1n) is 3.16. The van der Waals surface area contributed by atoms with Crippen LogP contribution in [0.15, 0.2) is 16.6 Å². The predicted molar refractivity (Wildman–Crippen MR) is 61.2 cm³/mol. The third-order valence-corrected chi connectivity index (χ3v) is 3.79. The van der Waals surface area contributed by atoms with Gasteiger partial charge in [-0.2, -0.15) is 0 Å². The third-order valence-electron chi connectivity index (χ3n) is 1.61. The summed E-state index contributed by atoms with van der Waals surface area (Å²) >= 11 is 11.5. The molecule has 0 unspecified atom stereocenters. The molecule has 3 heteroatoms.